The maximum Gasteiger partial charge on any atom is 0.113 e. The average molecular weight is 280 g/mol. The van der Waals surface area contributed by atoms with Crippen LogP contribution < -0.4 is 5.32 Å². The predicted molar refractivity (Wildman–Crippen MR) is 76.5 cm³/mol. The topological polar surface area (TPSA) is 52.0 Å². The Hall–Kier alpha value is -1.24. The number of rotatable bonds is 7. The lowest BCUT2D eigenvalue weighted by atomic mass is 10.4. The van der Waals surface area contributed by atoms with Gasteiger partial charge in [-0.05, 0) is 13.8 Å². The van der Waals surface area contributed by atoms with Gasteiger partial charge in [-0.25, -0.2) is 9.97 Å². The molecule has 2 heterocycles. The van der Waals surface area contributed by atoms with Crippen molar-refractivity contribution >= 4 is 11.3 Å². The largest absolute Gasteiger partial charge is 0.383 e. The molecule has 6 heteroatoms. The summed E-state index contributed by atoms with van der Waals surface area (Å²) in [4.78, 5) is 8.89. The minimum absolute atomic E-state index is 0.721. The summed E-state index contributed by atoms with van der Waals surface area (Å²) in [5.41, 5.74) is 2.26. The van der Waals surface area contributed by atoms with Crippen LogP contribution in [0.15, 0.2) is 11.6 Å². The molecule has 0 aliphatic heterocycles. The third-order valence-corrected chi connectivity index (χ3v) is 3.84. The maximum atomic E-state index is 5.02. The van der Waals surface area contributed by atoms with E-state index >= 15 is 0 Å². The molecule has 2 aromatic heterocycles. The Morgan fingerprint density at radius 3 is 2.95 bits per heavy atom. The summed E-state index contributed by atoms with van der Waals surface area (Å²) in [5.74, 6) is 1.02. The number of nitrogens with zero attached hydrogens (tertiary/aromatic N) is 3. The molecule has 2 aromatic rings. The maximum absolute atomic E-state index is 5.02. The van der Waals surface area contributed by atoms with Crippen molar-refractivity contribution in [2.24, 2.45) is 0 Å². The number of aromatic nitrogens is 3. The summed E-state index contributed by atoms with van der Waals surface area (Å²) >= 11 is 1.70. The lowest BCUT2D eigenvalue weighted by molar-refractivity contribution is 0.199. The molecule has 0 unspecified atom stereocenters. The van der Waals surface area contributed by atoms with Gasteiger partial charge >= 0.3 is 0 Å². The summed E-state index contributed by atoms with van der Waals surface area (Å²) in [7, 11) is 1.71. The summed E-state index contributed by atoms with van der Waals surface area (Å²) in [6.45, 7) is 7.21. The van der Waals surface area contributed by atoms with Gasteiger partial charge in [-0.1, -0.05) is 0 Å². The Morgan fingerprint density at radius 2 is 2.26 bits per heavy atom. The van der Waals surface area contributed by atoms with Gasteiger partial charge in [-0.15, -0.1) is 11.3 Å². The SMILES string of the molecule is COCCNCc1cnc(C)n1Cc1nc(C)cs1. The molecular weight excluding hydrogens is 260 g/mol. The molecule has 0 aromatic carbocycles. The molecule has 5 nitrogen and oxygen atoms in total. The highest BCUT2D eigenvalue weighted by molar-refractivity contribution is 7.09. The van der Waals surface area contributed by atoms with E-state index in [1.807, 2.05) is 20.0 Å². The summed E-state index contributed by atoms with van der Waals surface area (Å²) in [5, 5.41) is 6.55. The number of thiazole rings is 1. The van der Waals surface area contributed by atoms with Crippen LogP contribution in [0, 0.1) is 13.8 Å². The Morgan fingerprint density at radius 1 is 1.42 bits per heavy atom. The Labute approximate surface area is 117 Å². The van der Waals surface area contributed by atoms with Crippen molar-refractivity contribution in [2.45, 2.75) is 26.9 Å². The standard InChI is InChI=1S/C13H20N4OS/c1-10-9-19-13(16-10)8-17-11(2)15-7-12(17)6-14-4-5-18-3/h7,9,14H,4-6,8H2,1-3H3. The van der Waals surface area contributed by atoms with E-state index in [-0.39, 0.29) is 0 Å². The first-order valence-corrected chi connectivity index (χ1v) is 7.20. The molecule has 19 heavy (non-hydrogen) atoms. The molecule has 2 rings (SSSR count). The van der Waals surface area contributed by atoms with E-state index < -0.39 is 0 Å². The molecule has 0 saturated heterocycles. The first-order chi connectivity index (χ1) is 9.20. The van der Waals surface area contributed by atoms with E-state index in [9.17, 15) is 0 Å². The molecular formula is C13H20N4OS. The minimum atomic E-state index is 0.721. The zero-order valence-electron chi connectivity index (χ0n) is 11.6. The molecule has 0 radical (unpaired) electrons. The van der Waals surface area contributed by atoms with Gasteiger partial charge < -0.3 is 14.6 Å². The first kappa shape index (κ1) is 14.2. The zero-order chi connectivity index (χ0) is 13.7. The van der Waals surface area contributed by atoms with Crippen molar-refractivity contribution in [1.82, 2.24) is 19.9 Å². The fraction of sp³-hybridized carbons (Fsp3) is 0.538. The van der Waals surface area contributed by atoms with Crippen molar-refractivity contribution in [3.05, 3.63) is 33.8 Å². The number of hydrogen-bond donors (Lipinski definition) is 1. The highest BCUT2D eigenvalue weighted by Gasteiger charge is 2.08. The lowest BCUT2D eigenvalue weighted by Crippen LogP contribution is -2.21. The van der Waals surface area contributed by atoms with Gasteiger partial charge in [0.1, 0.15) is 10.8 Å². The molecule has 0 atom stereocenters. The monoisotopic (exact) mass is 280 g/mol. The van der Waals surface area contributed by atoms with Gasteiger partial charge in [0.15, 0.2) is 0 Å². The molecule has 0 saturated carbocycles. The fourth-order valence-corrected chi connectivity index (χ4v) is 2.63. The highest BCUT2D eigenvalue weighted by atomic mass is 32.1. The summed E-state index contributed by atoms with van der Waals surface area (Å²) < 4.78 is 7.23. The van der Waals surface area contributed by atoms with Crippen LogP contribution in [0.5, 0.6) is 0 Å². The van der Waals surface area contributed by atoms with Crippen molar-refractivity contribution in [1.29, 1.82) is 0 Å². The number of methoxy groups -OCH3 is 1. The lowest BCUT2D eigenvalue weighted by Gasteiger charge is -2.09. The van der Waals surface area contributed by atoms with Crippen molar-refractivity contribution < 1.29 is 4.74 Å². The van der Waals surface area contributed by atoms with Crippen LogP contribution in [-0.2, 0) is 17.8 Å². The van der Waals surface area contributed by atoms with Crippen LogP contribution in [0.25, 0.3) is 0 Å². The Kier molecular flexibility index (Phi) is 5.07. The van der Waals surface area contributed by atoms with E-state index in [0.29, 0.717) is 0 Å². The third-order valence-electron chi connectivity index (χ3n) is 2.89. The van der Waals surface area contributed by atoms with Crippen LogP contribution in [0.1, 0.15) is 22.2 Å². The average Bonchev–Trinajstić information content (AvgIpc) is 2.95. The van der Waals surface area contributed by atoms with Gasteiger partial charge in [-0.3, -0.25) is 0 Å². The molecule has 0 bridgehead atoms. The van der Waals surface area contributed by atoms with Gasteiger partial charge in [0.05, 0.1) is 18.8 Å². The van der Waals surface area contributed by atoms with Crippen LogP contribution in [0.4, 0.5) is 0 Å². The smallest absolute Gasteiger partial charge is 0.113 e. The van der Waals surface area contributed by atoms with Crippen LogP contribution in [-0.4, -0.2) is 34.8 Å². The van der Waals surface area contributed by atoms with Gasteiger partial charge in [0.25, 0.3) is 0 Å². The van der Waals surface area contributed by atoms with Gasteiger partial charge in [-0.2, -0.15) is 0 Å². The van der Waals surface area contributed by atoms with Crippen LogP contribution in [0.2, 0.25) is 0 Å². The van der Waals surface area contributed by atoms with E-state index in [4.69, 9.17) is 4.74 Å². The van der Waals surface area contributed by atoms with E-state index in [1.54, 1.807) is 18.4 Å². The summed E-state index contributed by atoms with van der Waals surface area (Å²) in [6.07, 6.45) is 1.93. The molecule has 0 fully saturated rings. The van der Waals surface area contributed by atoms with E-state index in [1.165, 1.54) is 5.69 Å². The van der Waals surface area contributed by atoms with E-state index in [0.717, 1.165) is 42.8 Å². The second-order valence-corrected chi connectivity index (χ2v) is 5.38. The second-order valence-electron chi connectivity index (χ2n) is 4.44. The Bertz CT molecular complexity index is 520. The number of aryl methyl sites for hydroxylation is 2. The first-order valence-electron chi connectivity index (χ1n) is 6.32. The second kappa shape index (κ2) is 6.79. The Balaban J connectivity index is 2.00. The molecule has 0 aliphatic carbocycles. The number of hydrogen-bond acceptors (Lipinski definition) is 5. The number of imidazole rings is 1. The summed E-state index contributed by atoms with van der Waals surface area (Å²) in [6, 6.07) is 0. The molecule has 0 amide bonds. The van der Waals surface area contributed by atoms with Crippen molar-refractivity contribution in [3.8, 4) is 0 Å². The molecule has 1 N–H and O–H groups in total. The minimum Gasteiger partial charge on any atom is -0.383 e. The van der Waals surface area contributed by atoms with Gasteiger partial charge in [0.2, 0.25) is 0 Å². The molecule has 104 valence electrons. The van der Waals surface area contributed by atoms with Crippen LogP contribution in [0.3, 0.4) is 0 Å². The zero-order valence-corrected chi connectivity index (χ0v) is 12.5. The predicted octanol–water partition coefficient (Wildman–Crippen LogP) is 1.74. The quantitative estimate of drug-likeness (QED) is 0.785. The fourth-order valence-electron chi connectivity index (χ4n) is 1.87. The normalized spacial score (nSPS) is 11.1. The number of ether oxygens (including phenoxy) is 1. The van der Waals surface area contributed by atoms with Crippen molar-refractivity contribution in [2.75, 3.05) is 20.3 Å². The van der Waals surface area contributed by atoms with E-state index in [2.05, 4.69) is 25.2 Å². The molecule has 0 aliphatic rings. The number of nitrogens with one attached hydrogen (secondary N) is 1. The third kappa shape index (κ3) is 3.86. The van der Waals surface area contributed by atoms with Gasteiger partial charge in [0, 0.05) is 37.5 Å². The van der Waals surface area contributed by atoms with Crippen LogP contribution >= 0.6 is 11.3 Å². The highest BCUT2D eigenvalue weighted by Crippen LogP contribution is 2.13. The van der Waals surface area contributed by atoms with Crippen molar-refractivity contribution in [3.63, 3.8) is 0 Å². The molecule has 0 spiro atoms.